The monoisotopic (exact) mass is 215 g/mol. The minimum absolute atomic E-state index is 0.619. The van der Waals surface area contributed by atoms with Crippen LogP contribution in [-0.4, -0.2) is 20.4 Å². The molecule has 0 atom stereocenters. The number of ether oxygens (including phenoxy) is 1. The lowest BCUT2D eigenvalue weighted by Gasteiger charge is -2.05. The van der Waals surface area contributed by atoms with Gasteiger partial charge in [-0.25, -0.2) is 0 Å². The molecule has 2 heteroatoms. The van der Waals surface area contributed by atoms with E-state index >= 15 is 0 Å². The first-order chi connectivity index (χ1) is 7.90. The van der Waals surface area contributed by atoms with E-state index in [2.05, 4.69) is 47.8 Å². The van der Waals surface area contributed by atoms with E-state index in [1.807, 2.05) is 0 Å². The number of hydrogen-bond acceptors (Lipinski definition) is 2. The molecule has 0 aliphatic heterocycles. The van der Waals surface area contributed by atoms with Crippen molar-refractivity contribution in [2.75, 3.05) is 20.4 Å². The van der Waals surface area contributed by atoms with E-state index in [9.17, 15) is 0 Å². The molecule has 0 aliphatic rings. The van der Waals surface area contributed by atoms with E-state index in [-0.39, 0.29) is 0 Å². The zero-order valence-electron chi connectivity index (χ0n) is 9.57. The van der Waals surface area contributed by atoms with Crippen molar-refractivity contribution >= 4 is 10.8 Å². The van der Waals surface area contributed by atoms with Gasteiger partial charge in [0, 0.05) is 13.7 Å². The van der Waals surface area contributed by atoms with Gasteiger partial charge in [0.15, 0.2) is 0 Å². The second kappa shape index (κ2) is 5.64. The maximum atomic E-state index is 4.94. The Labute approximate surface area is 96.2 Å². The summed E-state index contributed by atoms with van der Waals surface area (Å²) in [7, 11) is 1.70. The molecule has 0 amide bonds. The van der Waals surface area contributed by atoms with Crippen molar-refractivity contribution in [2.24, 2.45) is 0 Å². The molecular formula is C14H17NO. The third-order valence-corrected chi connectivity index (χ3v) is 2.65. The van der Waals surface area contributed by atoms with Crippen molar-refractivity contribution in [1.29, 1.82) is 0 Å². The van der Waals surface area contributed by atoms with E-state index in [0.29, 0.717) is 6.73 Å². The third-order valence-electron chi connectivity index (χ3n) is 2.65. The third kappa shape index (κ3) is 2.81. The average molecular weight is 215 g/mol. The fourth-order valence-corrected chi connectivity index (χ4v) is 1.80. The predicted octanol–water partition coefficient (Wildman–Crippen LogP) is 2.58. The van der Waals surface area contributed by atoms with E-state index < -0.39 is 0 Å². The first-order valence-electron chi connectivity index (χ1n) is 5.57. The van der Waals surface area contributed by atoms with Gasteiger partial charge in [-0.2, -0.15) is 0 Å². The summed E-state index contributed by atoms with van der Waals surface area (Å²) in [4.78, 5) is 0. The molecule has 84 valence electrons. The maximum absolute atomic E-state index is 4.94. The lowest BCUT2D eigenvalue weighted by Crippen LogP contribution is -2.19. The lowest BCUT2D eigenvalue weighted by molar-refractivity contribution is 0.176. The highest BCUT2D eigenvalue weighted by molar-refractivity contribution is 5.82. The van der Waals surface area contributed by atoms with Crippen LogP contribution < -0.4 is 5.32 Å². The number of benzene rings is 2. The largest absolute Gasteiger partial charge is 0.370 e. The van der Waals surface area contributed by atoms with Crippen LogP contribution in [0.1, 0.15) is 5.56 Å². The Hall–Kier alpha value is -1.38. The fraction of sp³-hybridized carbons (Fsp3) is 0.286. The molecule has 0 bridgehead atoms. The number of nitrogens with one attached hydrogen (secondary N) is 1. The van der Waals surface area contributed by atoms with Crippen molar-refractivity contribution in [3.8, 4) is 0 Å². The fourth-order valence-electron chi connectivity index (χ4n) is 1.80. The van der Waals surface area contributed by atoms with Crippen LogP contribution >= 0.6 is 0 Å². The predicted molar refractivity (Wildman–Crippen MR) is 67.5 cm³/mol. The molecular weight excluding hydrogens is 198 g/mol. The van der Waals surface area contributed by atoms with Gasteiger partial charge in [-0.3, -0.25) is 5.32 Å². The molecule has 0 fully saturated rings. The standard InChI is InChI=1S/C14H17NO/c1-16-11-15-9-8-12-6-7-13-4-2-3-5-14(13)10-12/h2-7,10,15H,8-9,11H2,1H3. The van der Waals surface area contributed by atoms with Crippen LogP contribution in [0, 0.1) is 0 Å². The minimum Gasteiger partial charge on any atom is -0.370 e. The Bertz CT molecular complexity index is 453. The smallest absolute Gasteiger partial charge is 0.0961 e. The normalized spacial score (nSPS) is 10.8. The summed E-state index contributed by atoms with van der Waals surface area (Å²) >= 11 is 0. The van der Waals surface area contributed by atoms with Gasteiger partial charge in [0.1, 0.15) is 0 Å². The Morgan fingerprint density at radius 1 is 1.06 bits per heavy atom. The maximum Gasteiger partial charge on any atom is 0.0961 e. The molecule has 0 aromatic heterocycles. The lowest BCUT2D eigenvalue weighted by atomic mass is 10.1. The highest BCUT2D eigenvalue weighted by Gasteiger charge is 1.95. The SMILES string of the molecule is COCNCCc1ccc2ccccc2c1. The second-order valence-electron chi connectivity index (χ2n) is 3.86. The van der Waals surface area contributed by atoms with Crippen molar-refractivity contribution < 1.29 is 4.74 Å². The highest BCUT2D eigenvalue weighted by atomic mass is 16.5. The zero-order valence-corrected chi connectivity index (χ0v) is 9.57. The Balaban J connectivity index is 2.02. The van der Waals surface area contributed by atoms with Crippen LogP contribution in [-0.2, 0) is 11.2 Å². The van der Waals surface area contributed by atoms with Crippen LogP contribution in [0.15, 0.2) is 42.5 Å². The summed E-state index contributed by atoms with van der Waals surface area (Å²) in [6, 6.07) is 15.1. The Kier molecular flexibility index (Phi) is 3.91. The number of fused-ring (bicyclic) bond motifs is 1. The number of hydrogen-bond donors (Lipinski definition) is 1. The Morgan fingerprint density at radius 2 is 1.88 bits per heavy atom. The molecule has 16 heavy (non-hydrogen) atoms. The Morgan fingerprint density at radius 3 is 2.69 bits per heavy atom. The van der Waals surface area contributed by atoms with Gasteiger partial charge in [-0.05, 0) is 22.8 Å². The summed E-state index contributed by atoms with van der Waals surface area (Å²) in [5.74, 6) is 0. The molecule has 2 nitrogen and oxygen atoms in total. The minimum atomic E-state index is 0.619. The van der Waals surface area contributed by atoms with Gasteiger partial charge < -0.3 is 4.74 Å². The molecule has 0 spiro atoms. The highest BCUT2D eigenvalue weighted by Crippen LogP contribution is 2.15. The summed E-state index contributed by atoms with van der Waals surface area (Å²) in [6.45, 7) is 1.57. The van der Waals surface area contributed by atoms with Crippen molar-refractivity contribution in [1.82, 2.24) is 5.32 Å². The molecule has 0 aliphatic carbocycles. The molecule has 2 rings (SSSR count). The van der Waals surface area contributed by atoms with Crippen LogP contribution in [0.3, 0.4) is 0 Å². The summed E-state index contributed by atoms with van der Waals surface area (Å²) < 4.78 is 4.94. The number of rotatable bonds is 5. The van der Waals surface area contributed by atoms with Crippen LogP contribution in [0.25, 0.3) is 10.8 Å². The second-order valence-corrected chi connectivity index (χ2v) is 3.86. The molecule has 0 heterocycles. The molecule has 0 unspecified atom stereocenters. The van der Waals surface area contributed by atoms with E-state index in [0.717, 1.165) is 13.0 Å². The first-order valence-corrected chi connectivity index (χ1v) is 5.57. The topological polar surface area (TPSA) is 21.3 Å². The first kappa shape index (κ1) is 11.1. The van der Waals surface area contributed by atoms with Gasteiger partial charge in [0.05, 0.1) is 6.73 Å². The molecule has 2 aromatic rings. The van der Waals surface area contributed by atoms with Crippen LogP contribution in [0.5, 0.6) is 0 Å². The van der Waals surface area contributed by atoms with Gasteiger partial charge in [-0.1, -0.05) is 42.5 Å². The van der Waals surface area contributed by atoms with E-state index in [1.54, 1.807) is 7.11 Å². The van der Waals surface area contributed by atoms with Crippen molar-refractivity contribution in [3.05, 3.63) is 48.0 Å². The number of methoxy groups -OCH3 is 1. The summed E-state index contributed by atoms with van der Waals surface area (Å²) in [6.07, 6.45) is 1.04. The molecule has 0 saturated heterocycles. The van der Waals surface area contributed by atoms with Crippen LogP contribution in [0.4, 0.5) is 0 Å². The van der Waals surface area contributed by atoms with Crippen molar-refractivity contribution in [3.63, 3.8) is 0 Å². The van der Waals surface area contributed by atoms with E-state index in [4.69, 9.17) is 4.74 Å². The molecule has 0 saturated carbocycles. The summed E-state index contributed by atoms with van der Waals surface area (Å²) in [5.41, 5.74) is 1.36. The van der Waals surface area contributed by atoms with E-state index in [1.165, 1.54) is 16.3 Å². The quantitative estimate of drug-likeness (QED) is 0.611. The molecule has 1 N–H and O–H groups in total. The van der Waals surface area contributed by atoms with Crippen LogP contribution in [0.2, 0.25) is 0 Å². The summed E-state index contributed by atoms with van der Waals surface area (Å²) in [5, 5.41) is 5.82. The van der Waals surface area contributed by atoms with Crippen molar-refractivity contribution in [2.45, 2.75) is 6.42 Å². The average Bonchev–Trinajstić information content (AvgIpc) is 2.34. The zero-order chi connectivity index (χ0) is 11.2. The molecule has 2 aromatic carbocycles. The van der Waals surface area contributed by atoms with Gasteiger partial charge in [0.2, 0.25) is 0 Å². The van der Waals surface area contributed by atoms with Gasteiger partial charge >= 0.3 is 0 Å². The molecule has 0 radical (unpaired) electrons. The van der Waals surface area contributed by atoms with Gasteiger partial charge in [0.25, 0.3) is 0 Å². The van der Waals surface area contributed by atoms with Gasteiger partial charge in [-0.15, -0.1) is 0 Å².